The predicted octanol–water partition coefficient (Wildman–Crippen LogP) is 3.94. The van der Waals surface area contributed by atoms with Gasteiger partial charge >= 0.3 is 5.97 Å². The fraction of sp³-hybridized carbons (Fsp3) is 0.158. The highest BCUT2D eigenvalue weighted by Gasteiger charge is 2.14. The summed E-state index contributed by atoms with van der Waals surface area (Å²) in [5.41, 5.74) is 1.94. The zero-order valence-corrected chi connectivity index (χ0v) is 14.4. The van der Waals surface area contributed by atoms with Crippen LogP contribution in [0.3, 0.4) is 0 Å². The third-order valence-electron chi connectivity index (χ3n) is 3.80. The molecule has 1 heterocycles. The maximum Gasteiger partial charge on any atom is 0.356 e. The first-order valence-electron chi connectivity index (χ1n) is 7.73. The second-order valence-electron chi connectivity index (χ2n) is 5.66. The second kappa shape index (κ2) is 7.40. The number of aromatic nitrogens is 2. The molecule has 0 saturated carbocycles. The number of halogens is 1. The average Bonchev–Trinajstić information content (AvgIpc) is 2.96. The largest absolute Gasteiger partial charge is 0.489 e. The third-order valence-corrected chi connectivity index (χ3v) is 4.04. The summed E-state index contributed by atoms with van der Waals surface area (Å²) in [6.45, 7) is 0.441. The zero-order chi connectivity index (χ0) is 17.8. The quantitative estimate of drug-likeness (QED) is 0.726. The molecule has 0 aliphatic heterocycles. The van der Waals surface area contributed by atoms with Crippen LogP contribution in [0.1, 0.15) is 27.4 Å². The first kappa shape index (κ1) is 17.0. The topological polar surface area (TPSA) is 64.4 Å². The smallest absolute Gasteiger partial charge is 0.356 e. The Kier molecular flexibility index (Phi) is 5.05. The molecule has 0 unspecified atom stereocenters. The van der Waals surface area contributed by atoms with Crippen LogP contribution < -0.4 is 4.74 Å². The van der Waals surface area contributed by atoms with Gasteiger partial charge in [-0.3, -0.25) is 0 Å². The molecule has 0 atom stereocenters. The molecule has 1 aromatic heterocycles. The first-order valence-corrected chi connectivity index (χ1v) is 8.11. The van der Waals surface area contributed by atoms with Gasteiger partial charge in [-0.05, 0) is 23.8 Å². The van der Waals surface area contributed by atoms with Crippen LogP contribution in [-0.2, 0) is 20.1 Å². The van der Waals surface area contributed by atoms with Crippen molar-refractivity contribution < 1.29 is 14.6 Å². The number of ether oxygens (including phenoxy) is 1. The Labute approximate surface area is 150 Å². The van der Waals surface area contributed by atoms with Gasteiger partial charge in [-0.15, -0.1) is 0 Å². The van der Waals surface area contributed by atoms with Crippen molar-refractivity contribution >= 4 is 17.6 Å². The molecule has 2 aromatic carbocycles. The molecule has 0 aliphatic rings. The van der Waals surface area contributed by atoms with Crippen LogP contribution in [0.4, 0.5) is 0 Å². The molecule has 0 fully saturated rings. The molecule has 0 saturated heterocycles. The van der Waals surface area contributed by atoms with Crippen molar-refractivity contribution in [1.82, 2.24) is 9.55 Å². The summed E-state index contributed by atoms with van der Waals surface area (Å²) in [7, 11) is 1.77. The minimum atomic E-state index is -1.05. The van der Waals surface area contributed by atoms with Gasteiger partial charge in [0.2, 0.25) is 0 Å². The van der Waals surface area contributed by atoms with Crippen LogP contribution >= 0.6 is 11.6 Å². The van der Waals surface area contributed by atoms with Crippen molar-refractivity contribution in [3.63, 3.8) is 0 Å². The van der Waals surface area contributed by atoms with E-state index >= 15 is 0 Å². The molecule has 0 amide bonds. The van der Waals surface area contributed by atoms with Gasteiger partial charge in [0.1, 0.15) is 18.2 Å². The van der Waals surface area contributed by atoms with E-state index in [1.807, 2.05) is 42.5 Å². The molecule has 0 spiro atoms. The number of benzene rings is 2. The molecule has 3 aromatic rings. The number of aromatic carboxylic acids is 1. The SMILES string of the molecule is Cn1cc(C(=O)O)nc1Cc1cc(Cl)ccc1OCc1ccccc1. The summed E-state index contributed by atoms with van der Waals surface area (Å²) < 4.78 is 7.63. The molecule has 5 nitrogen and oxygen atoms in total. The molecule has 6 heteroatoms. The number of hydrogen-bond acceptors (Lipinski definition) is 3. The molecular weight excluding hydrogens is 340 g/mol. The number of aryl methyl sites for hydroxylation is 1. The van der Waals surface area contributed by atoms with E-state index in [2.05, 4.69) is 4.98 Å². The highest BCUT2D eigenvalue weighted by Crippen LogP contribution is 2.26. The van der Waals surface area contributed by atoms with Gasteiger partial charge < -0.3 is 14.4 Å². The van der Waals surface area contributed by atoms with Crippen molar-refractivity contribution in [2.75, 3.05) is 0 Å². The number of nitrogens with zero attached hydrogens (tertiary/aromatic N) is 2. The number of carboxylic acids is 1. The number of imidazole rings is 1. The first-order chi connectivity index (χ1) is 12.0. The Bertz CT molecular complexity index is 891. The second-order valence-corrected chi connectivity index (χ2v) is 6.10. The standard InChI is InChI=1S/C19H17ClN2O3/c1-22-11-16(19(23)24)21-18(22)10-14-9-15(20)7-8-17(14)25-12-13-5-3-2-4-6-13/h2-9,11H,10,12H2,1H3,(H,23,24). The lowest BCUT2D eigenvalue weighted by molar-refractivity contribution is 0.0691. The van der Waals surface area contributed by atoms with Gasteiger partial charge in [-0.25, -0.2) is 9.78 Å². The number of carboxylic acid groups (broad SMARTS) is 1. The number of carbonyl (C=O) groups is 1. The van der Waals surface area contributed by atoms with Crippen molar-refractivity contribution in [2.45, 2.75) is 13.0 Å². The summed E-state index contributed by atoms with van der Waals surface area (Å²) in [6.07, 6.45) is 1.92. The monoisotopic (exact) mass is 356 g/mol. The van der Waals surface area contributed by atoms with Crippen LogP contribution in [0.25, 0.3) is 0 Å². The predicted molar refractivity (Wildman–Crippen MR) is 95.2 cm³/mol. The van der Waals surface area contributed by atoms with Gasteiger partial charge in [0.25, 0.3) is 0 Å². The third kappa shape index (κ3) is 4.19. The molecule has 0 bridgehead atoms. The van der Waals surface area contributed by atoms with Gasteiger partial charge in [-0.1, -0.05) is 41.9 Å². The van der Waals surface area contributed by atoms with Gasteiger partial charge in [-0.2, -0.15) is 0 Å². The molecule has 0 radical (unpaired) electrons. The van der Waals surface area contributed by atoms with Crippen LogP contribution in [-0.4, -0.2) is 20.6 Å². The molecule has 0 aliphatic carbocycles. The van der Waals surface area contributed by atoms with E-state index in [0.29, 0.717) is 29.6 Å². The summed E-state index contributed by atoms with van der Waals surface area (Å²) >= 11 is 6.12. The molecule has 128 valence electrons. The highest BCUT2D eigenvalue weighted by molar-refractivity contribution is 6.30. The summed E-state index contributed by atoms with van der Waals surface area (Å²) in [5.74, 6) is 0.283. The highest BCUT2D eigenvalue weighted by atomic mass is 35.5. The zero-order valence-electron chi connectivity index (χ0n) is 13.6. The maximum atomic E-state index is 11.1. The Morgan fingerprint density at radius 3 is 2.68 bits per heavy atom. The van der Waals surface area contributed by atoms with E-state index < -0.39 is 5.97 Å². The fourth-order valence-electron chi connectivity index (χ4n) is 2.50. The Morgan fingerprint density at radius 1 is 1.24 bits per heavy atom. The van der Waals surface area contributed by atoms with E-state index in [1.54, 1.807) is 17.7 Å². The van der Waals surface area contributed by atoms with E-state index in [-0.39, 0.29) is 5.69 Å². The van der Waals surface area contributed by atoms with Crippen LogP contribution in [0.5, 0.6) is 5.75 Å². The van der Waals surface area contributed by atoms with E-state index in [4.69, 9.17) is 21.4 Å². The lowest BCUT2D eigenvalue weighted by atomic mass is 10.1. The van der Waals surface area contributed by atoms with E-state index in [9.17, 15) is 4.79 Å². The van der Waals surface area contributed by atoms with Crippen LogP contribution in [0, 0.1) is 0 Å². The lowest BCUT2D eigenvalue weighted by Crippen LogP contribution is -2.03. The average molecular weight is 357 g/mol. The minimum absolute atomic E-state index is 0.0197. The Morgan fingerprint density at radius 2 is 2.00 bits per heavy atom. The lowest BCUT2D eigenvalue weighted by Gasteiger charge is -2.12. The Balaban J connectivity index is 1.83. The summed E-state index contributed by atoms with van der Waals surface area (Å²) in [4.78, 5) is 15.2. The number of rotatable bonds is 6. The molecular formula is C19H17ClN2O3. The van der Waals surface area contributed by atoms with Crippen molar-refractivity contribution in [3.8, 4) is 5.75 Å². The van der Waals surface area contributed by atoms with Crippen LogP contribution in [0.15, 0.2) is 54.7 Å². The van der Waals surface area contributed by atoms with Gasteiger partial charge in [0.05, 0.1) is 0 Å². The summed E-state index contributed by atoms with van der Waals surface area (Å²) in [5, 5.41) is 9.67. The van der Waals surface area contributed by atoms with Gasteiger partial charge in [0.15, 0.2) is 5.69 Å². The van der Waals surface area contributed by atoms with Crippen molar-refractivity contribution in [3.05, 3.63) is 82.4 Å². The normalized spacial score (nSPS) is 10.6. The molecule has 1 N–H and O–H groups in total. The molecule has 3 rings (SSSR count). The van der Waals surface area contributed by atoms with E-state index in [0.717, 1.165) is 11.1 Å². The van der Waals surface area contributed by atoms with E-state index in [1.165, 1.54) is 6.20 Å². The maximum absolute atomic E-state index is 11.1. The minimum Gasteiger partial charge on any atom is -0.489 e. The van der Waals surface area contributed by atoms with Gasteiger partial charge in [0, 0.05) is 30.3 Å². The van der Waals surface area contributed by atoms with Crippen molar-refractivity contribution in [1.29, 1.82) is 0 Å². The van der Waals surface area contributed by atoms with Crippen LogP contribution in [0.2, 0.25) is 5.02 Å². The molecule has 25 heavy (non-hydrogen) atoms. The Hall–Kier alpha value is -2.79. The fourth-order valence-corrected chi connectivity index (χ4v) is 2.70. The number of hydrogen-bond donors (Lipinski definition) is 1. The van der Waals surface area contributed by atoms with Crippen molar-refractivity contribution in [2.24, 2.45) is 7.05 Å². The summed E-state index contributed by atoms with van der Waals surface area (Å²) in [6, 6.07) is 15.3.